The van der Waals surface area contributed by atoms with E-state index in [-0.39, 0.29) is 17.7 Å². The predicted octanol–water partition coefficient (Wildman–Crippen LogP) is 2.76. The van der Waals surface area contributed by atoms with Gasteiger partial charge in [-0.15, -0.1) is 0 Å². The molecule has 2 heterocycles. The van der Waals surface area contributed by atoms with E-state index in [1.54, 1.807) is 23.1 Å². The molecule has 0 aliphatic carbocycles. The molecule has 0 bridgehead atoms. The summed E-state index contributed by atoms with van der Waals surface area (Å²) >= 11 is 6.08. The number of nitrogens with one attached hydrogen (secondary N) is 1. The van der Waals surface area contributed by atoms with Gasteiger partial charge >= 0.3 is 0 Å². The third-order valence-electron chi connectivity index (χ3n) is 4.05. The molecule has 3 aromatic rings. The highest BCUT2D eigenvalue weighted by Crippen LogP contribution is 2.22. The van der Waals surface area contributed by atoms with Crippen molar-refractivity contribution in [3.8, 4) is 11.3 Å². The van der Waals surface area contributed by atoms with Crippen LogP contribution in [0.4, 0.5) is 0 Å². The highest BCUT2D eigenvalue weighted by Gasteiger charge is 2.19. The number of hydrogen-bond donors (Lipinski definition) is 1. The summed E-state index contributed by atoms with van der Waals surface area (Å²) in [7, 11) is 5.72. The number of aromatic nitrogens is 3. The molecule has 26 heavy (non-hydrogen) atoms. The molecule has 0 aliphatic heterocycles. The van der Waals surface area contributed by atoms with E-state index in [0.29, 0.717) is 17.3 Å². The largest absolute Gasteiger partial charge is 0.350 e. The number of likely N-dealkylation sites (N-methyl/N-ethyl adjacent to an activating group) is 1. The molecule has 8 heteroatoms. The Hall–Kier alpha value is -2.64. The Labute approximate surface area is 156 Å². The molecule has 0 fully saturated rings. The summed E-state index contributed by atoms with van der Waals surface area (Å²) < 4.78 is 6.84. The van der Waals surface area contributed by atoms with Crippen LogP contribution in [0.1, 0.15) is 22.2 Å². The molecule has 1 N–H and O–H groups in total. The van der Waals surface area contributed by atoms with Crippen molar-refractivity contribution in [2.24, 2.45) is 7.05 Å². The van der Waals surface area contributed by atoms with E-state index in [4.69, 9.17) is 16.1 Å². The standard InChI is InChI=1S/C18H20ClN5O2/c1-23(2)16(12-5-4-6-14(19)7-12)10-20-18(25)17-8-15(22-26-17)13-9-21-24(3)11-13/h4-9,11,16H,10H2,1-3H3,(H,20,25)/t16-/m1/s1. The van der Waals surface area contributed by atoms with E-state index in [2.05, 4.69) is 15.6 Å². The van der Waals surface area contributed by atoms with Crippen LogP contribution in [0.15, 0.2) is 47.2 Å². The fourth-order valence-electron chi connectivity index (χ4n) is 2.66. The van der Waals surface area contributed by atoms with Crippen LogP contribution in [0.3, 0.4) is 0 Å². The summed E-state index contributed by atoms with van der Waals surface area (Å²) in [5.74, 6) is -0.158. The van der Waals surface area contributed by atoms with Gasteiger partial charge in [0, 0.05) is 36.4 Å². The van der Waals surface area contributed by atoms with Crippen molar-refractivity contribution in [1.29, 1.82) is 0 Å². The van der Waals surface area contributed by atoms with Crippen LogP contribution in [-0.2, 0) is 7.05 Å². The van der Waals surface area contributed by atoms with E-state index in [0.717, 1.165) is 11.1 Å². The number of carbonyl (C=O) groups is 1. The lowest BCUT2D eigenvalue weighted by atomic mass is 10.1. The molecule has 7 nitrogen and oxygen atoms in total. The number of hydrogen-bond acceptors (Lipinski definition) is 5. The topological polar surface area (TPSA) is 76.2 Å². The molecule has 0 saturated heterocycles. The first-order valence-electron chi connectivity index (χ1n) is 8.10. The van der Waals surface area contributed by atoms with E-state index >= 15 is 0 Å². The smallest absolute Gasteiger partial charge is 0.289 e. The first-order valence-corrected chi connectivity index (χ1v) is 8.47. The van der Waals surface area contributed by atoms with Crippen molar-refractivity contribution in [1.82, 2.24) is 25.2 Å². The van der Waals surface area contributed by atoms with Gasteiger partial charge in [0.25, 0.3) is 5.91 Å². The summed E-state index contributed by atoms with van der Waals surface area (Å²) in [6, 6.07) is 9.19. The van der Waals surface area contributed by atoms with Crippen molar-refractivity contribution >= 4 is 17.5 Å². The zero-order chi connectivity index (χ0) is 18.7. The van der Waals surface area contributed by atoms with Gasteiger partial charge in [-0.2, -0.15) is 5.10 Å². The second-order valence-corrected chi connectivity index (χ2v) is 6.66. The number of benzene rings is 1. The zero-order valence-electron chi connectivity index (χ0n) is 14.8. The number of amides is 1. The predicted molar refractivity (Wildman–Crippen MR) is 98.9 cm³/mol. The Bertz CT molecular complexity index is 902. The lowest BCUT2D eigenvalue weighted by Gasteiger charge is -2.25. The van der Waals surface area contributed by atoms with Gasteiger partial charge < -0.3 is 14.7 Å². The van der Waals surface area contributed by atoms with Crippen molar-refractivity contribution in [2.75, 3.05) is 20.6 Å². The number of nitrogens with zero attached hydrogens (tertiary/aromatic N) is 4. The van der Waals surface area contributed by atoms with Gasteiger partial charge in [-0.25, -0.2) is 0 Å². The van der Waals surface area contributed by atoms with Crippen molar-refractivity contribution in [3.63, 3.8) is 0 Å². The lowest BCUT2D eigenvalue weighted by molar-refractivity contribution is 0.0905. The molecule has 1 aromatic carbocycles. The van der Waals surface area contributed by atoms with Gasteiger partial charge in [-0.1, -0.05) is 28.9 Å². The number of rotatable bonds is 6. The van der Waals surface area contributed by atoms with Crippen LogP contribution in [0.2, 0.25) is 5.02 Å². The third-order valence-corrected chi connectivity index (χ3v) is 4.28. The minimum Gasteiger partial charge on any atom is -0.350 e. The highest BCUT2D eigenvalue weighted by molar-refractivity contribution is 6.30. The van der Waals surface area contributed by atoms with Crippen molar-refractivity contribution < 1.29 is 9.32 Å². The maximum atomic E-state index is 12.4. The maximum absolute atomic E-state index is 12.4. The molecular formula is C18H20ClN5O2. The normalized spacial score (nSPS) is 12.3. The number of halogens is 1. The monoisotopic (exact) mass is 373 g/mol. The third kappa shape index (κ3) is 4.12. The lowest BCUT2D eigenvalue weighted by Crippen LogP contribution is -2.34. The van der Waals surface area contributed by atoms with Crippen LogP contribution in [0, 0.1) is 0 Å². The molecule has 0 spiro atoms. The van der Waals surface area contributed by atoms with Crippen LogP contribution in [0.25, 0.3) is 11.3 Å². The second kappa shape index (κ2) is 7.72. The fourth-order valence-corrected chi connectivity index (χ4v) is 2.86. The van der Waals surface area contributed by atoms with E-state index in [1.165, 1.54) is 0 Å². The minimum atomic E-state index is -0.318. The zero-order valence-corrected chi connectivity index (χ0v) is 15.6. The minimum absolute atomic E-state index is 0.0154. The van der Waals surface area contributed by atoms with Gasteiger partial charge in [0.15, 0.2) is 0 Å². The Morgan fingerprint density at radius 2 is 2.19 bits per heavy atom. The molecule has 0 radical (unpaired) electrons. The number of aryl methyl sites for hydroxylation is 1. The Morgan fingerprint density at radius 3 is 2.85 bits per heavy atom. The summed E-state index contributed by atoms with van der Waals surface area (Å²) in [4.78, 5) is 14.4. The summed E-state index contributed by atoms with van der Waals surface area (Å²) in [6.07, 6.45) is 3.47. The molecule has 0 aliphatic rings. The second-order valence-electron chi connectivity index (χ2n) is 6.22. The van der Waals surface area contributed by atoms with Gasteiger partial charge in [-0.05, 0) is 31.8 Å². The van der Waals surface area contributed by atoms with E-state index < -0.39 is 0 Å². The van der Waals surface area contributed by atoms with Crippen LogP contribution >= 0.6 is 11.6 Å². The molecule has 0 unspecified atom stereocenters. The molecular weight excluding hydrogens is 354 g/mol. The van der Waals surface area contributed by atoms with Gasteiger partial charge in [0.1, 0.15) is 5.69 Å². The van der Waals surface area contributed by atoms with Crippen molar-refractivity contribution in [3.05, 3.63) is 59.1 Å². The van der Waals surface area contributed by atoms with Gasteiger partial charge in [0.05, 0.1) is 12.2 Å². The van der Waals surface area contributed by atoms with Gasteiger partial charge in [-0.3, -0.25) is 9.48 Å². The highest BCUT2D eigenvalue weighted by atomic mass is 35.5. The average molecular weight is 374 g/mol. The first-order chi connectivity index (χ1) is 12.4. The first kappa shape index (κ1) is 18.2. The van der Waals surface area contributed by atoms with Crippen molar-refractivity contribution in [2.45, 2.75) is 6.04 Å². The van der Waals surface area contributed by atoms with Crippen LogP contribution in [-0.4, -0.2) is 46.4 Å². The number of carbonyl (C=O) groups excluding carboxylic acids is 1. The Morgan fingerprint density at radius 1 is 1.38 bits per heavy atom. The van der Waals surface area contributed by atoms with Gasteiger partial charge in [0.2, 0.25) is 5.76 Å². The molecule has 2 aromatic heterocycles. The quantitative estimate of drug-likeness (QED) is 0.719. The Kier molecular flexibility index (Phi) is 5.39. The SMILES string of the molecule is CN(C)[C@H](CNC(=O)c1cc(-c2cnn(C)c2)no1)c1cccc(Cl)c1. The maximum Gasteiger partial charge on any atom is 0.289 e. The fraction of sp³-hybridized carbons (Fsp3) is 0.278. The summed E-state index contributed by atoms with van der Waals surface area (Å²) in [5.41, 5.74) is 2.39. The van der Waals surface area contributed by atoms with E-state index in [9.17, 15) is 4.79 Å². The molecule has 0 saturated carbocycles. The summed E-state index contributed by atoms with van der Waals surface area (Å²) in [5, 5.41) is 11.6. The molecule has 136 valence electrons. The molecule has 1 atom stereocenters. The molecule has 3 rings (SSSR count). The average Bonchev–Trinajstić information content (AvgIpc) is 3.23. The Balaban J connectivity index is 1.68. The van der Waals surface area contributed by atoms with Crippen LogP contribution < -0.4 is 5.32 Å². The van der Waals surface area contributed by atoms with Crippen LogP contribution in [0.5, 0.6) is 0 Å². The summed E-state index contributed by atoms with van der Waals surface area (Å²) in [6.45, 7) is 0.412. The van der Waals surface area contributed by atoms with E-state index in [1.807, 2.05) is 50.3 Å². The molecule has 1 amide bonds.